The van der Waals surface area contributed by atoms with Crippen molar-refractivity contribution < 1.29 is 4.92 Å². The van der Waals surface area contributed by atoms with Gasteiger partial charge in [-0.15, -0.1) is 11.3 Å². The zero-order chi connectivity index (χ0) is 20.4. The molecule has 6 heteroatoms. The summed E-state index contributed by atoms with van der Waals surface area (Å²) in [5.41, 5.74) is 3.99. The summed E-state index contributed by atoms with van der Waals surface area (Å²) in [5, 5.41) is 13.6. The minimum atomic E-state index is -0.360. The third-order valence-corrected chi connectivity index (χ3v) is 6.62. The molecule has 2 unspecified atom stereocenters. The average molecular weight is 408 g/mol. The van der Waals surface area contributed by atoms with Crippen LogP contribution in [0.2, 0.25) is 0 Å². The molecule has 0 N–H and O–H groups in total. The maximum atomic E-state index is 11.5. The van der Waals surface area contributed by atoms with Crippen LogP contribution in [-0.2, 0) is 0 Å². The molecule has 1 saturated carbocycles. The third kappa shape index (κ3) is 4.03. The topological polar surface area (TPSA) is 60.4 Å². The number of nitro groups is 1. The van der Waals surface area contributed by atoms with E-state index in [0.717, 1.165) is 22.5 Å². The minimum Gasteiger partial charge on any atom is -0.313 e. The SMILES string of the molecule is Cc1ccc(-c2csc(=Nc3ccccc3[N+](=O)[O-])n2C2CCCCC2C)cc1. The van der Waals surface area contributed by atoms with Crippen molar-refractivity contribution in [3.8, 4) is 11.3 Å². The van der Waals surface area contributed by atoms with Gasteiger partial charge in [-0.05, 0) is 37.3 Å². The number of aromatic nitrogens is 1. The maximum absolute atomic E-state index is 11.5. The lowest BCUT2D eigenvalue weighted by atomic mass is 9.85. The highest BCUT2D eigenvalue weighted by Gasteiger charge is 2.26. The number of nitrogens with zero attached hydrogens (tertiary/aromatic N) is 3. The lowest BCUT2D eigenvalue weighted by Gasteiger charge is -2.31. The van der Waals surface area contributed by atoms with Gasteiger partial charge in [0.15, 0.2) is 4.80 Å². The fourth-order valence-corrected chi connectivity index (χ4v) is 5.12. The van der Waals surface area contributed by atoms with E-state index in [1.54, 1.807) is 29.5 Å². The Morgan fingerprint density at radius 3 is 2.55 bits per heavy atom. The number of para-hydroxylation sites is 2. The molecule has 2 atom stereocenters. The van der Waals surface area contributed by atoms with Gasteiger partial charge in [0.2, 0.25) is 0 Å². The molecule has 3 aromatic rings. The highest BCUT2D eigenvalue weighted by Crippen LogP contribution is 2.37. The summed E-state index contributed by atoms with van der Waals surface area (Å²) in [7, 11) is 0. The summed E-state index contributed by atoms with van der Waals surface area (Å²) in [6, 6.07) is 15.6. The minimum absolute atomic E-state index is 0.0426. The molecule has 4 rings (SSSR count). The number of aryl methyl sites for hydroxylation is 1. The molecule has 0 saturated heterocycles. The van der Waals surface area contributed by atoms with Crippen LogP contribution in [0.15, 0.2) is 58.9 Å². The lowest BCUT2D eigenvalue weighted by molar-refractivity contribution is -0.384. The maximum Gasteiger partial charge on any atom is 0.294 e. The lowest BCUT2D eigenvalue weighted by Crippen LogP contribution is -2.28. The van der Waals surface area contributed by atoms with Gasteiger partial charge in [0.25, 0.3) is 5.69 Å². The molecular formula is C23H25N3O2S. The zero-order valence-electron chi connectivity index (χ0n) is 16.7. The Balaban J connectivity index is 1.91. The standard InChI is InChI=1S/C23H25N3O2S/c1-16-11-13-18(14-12-16)22-15-29-23(25(22)20-9-5-3-7-17(20)2)24-19-8-4-6-10-21(19)26(27)28/h4,6,8,10-15,17,20H,3,5,7,9H2,1-2H3. The summed E-state index contributed by atoms with van der Waals surface area (Å²) in [5.74, 6) is 0.548. The summed E-state index contributed by atoms with van der Waals surface area (Å²) in [6.07, 6.45) is 4.78. The molecule has 1 aliphatic carbocycles. The smallest absolute Gasteiger partial charge is 0.294 e. The van der Waals surface area contributed by atoms with Crippen molar-refractivity contribution in [1.82, 2.24) is 4.57 Å². The van der Waals surface area contributed by atoms with Crippen molar-refractivity contribution in [2.45, 2.75) is 45.6 Å². The molecule has 29 heavy (non-hydrogen) atoms. The first-order chi connectivity index (χ1) is 14.0. The molecule has 0 radical (unpaired) electrons. The molecule has 1 aromatic heterocycles. The fourth-order valence-electron chi connectivity index (χ4n) is 4.15. The van der Waals surface area contributed by atoms with Crippen molar-refractivity contribution in [2.75, 3.05) is 0 Å². The first-order valence-corrected chi connectivity index (χ1v) is 11.0. The van der Waals surface area contributed by atoms with E-state index >= 15 is 0 Å². The summed E-state index contributed by atoms with van der Waals surface area (Å²) in [4.78, 5) is 16.7. The van der Waals surface area contributed by atoms with Crippen LogP contribution >= 0.6 is 11.3 Å². The van der Waals surface area contributed by atoms with Crippen LogP contribution in [0.25, 0.3) is 11.3 Å². The molecule has 5 nitrogen and oxygen atoms in total. The van der Waals surface area contributed by atoms with E-state index in [-0.39, 0.29) is 10.6 Å². The number of nitro benzene ring substituents is 1. The number of benzene rings is 2. The van der Waals surface area contributed by atoms with Crippen molar-refractivity contribution in [1.29, 1.82) is 0 Å². The van der Waals surface area contributed by atoms with E-state index < -0.39 is 0 Å². The molecule has 2 aromatic carbocycles. The normalized spacial score (nSPS) is 20.0. The van der Waals surface area contributed by atoms with Gasteiger partial charge in [0, 0.05) is 17.5 Å². The second-order valence-corrected chi connectivity index (χ2v) is 8.66. The van der Waals surface area contributed by atoms with Gasteiger partial charge in [0.1, 0.15) is 5.69 Å². The van der Waals surface area contributed by atoms with Gasteiger partial charge in [-0.25, -0.2) is 4.99 Å². The number of hydrogen-bond acceptors (Lipinski definition) is 4. The van der Waals surface area contributed by atoms with E-state index in [4.69, 9.17) is 4.99 Å². The van der Waals surface area contributed by atoms with Crippen LogP contribution in [0, 0.1) is 23.0 Å². The van der Waals surface area contributed by atoms with Gasteiger partial charge < -0.3 is 4.57 Å². The largest absolute Gasteiger partial charge is 0.313 e. The molecule has 0 amide bonds. The van der Waals surface area contributed by atoms with Crippen LogP contribution < -0.4 is 4.80 Å². The first kappa shape index (κ1) is 19.6. The van der Waals surface area contributed by atoms with Gasteiger partial charge >= 0.3 is 0 Å². The van der Waals surface area contributed by atoms with Crippen molar-refractivity contribution >= 4 is 22.7 Å². The van der Waals surface area contributed by atoms with Gasteiger partial charge in [0.05, 0.1) is 10.6 Å². The van der Waals surface area contributed by atoms with Gasteiger partial charge in [-0.3, -0.25) is 10.1 Å². The Kier molecular flexibility index (Phi) is 5.62. The van der Waals surface area contributed by atoms with Crippen LogP contribution in [-0.4, -0.2) is 9.49 Å². The Hall–Kier alpha value is -2.73. The fraction of sp³-hybridized carbons (Fsp3) is 0.348. The number of hydrogen-bond donors (Lipinski definition) is 0. The van der Waals surface area contributed by atoms with Crippen LogP contribution in [0.4, 0.5) is 11.4 Å². The quantitative estimate of drug-likeness (QED) is 0.370. The molecular weight excluding hydrogens is 382 g/mol. The monoisotopic (exact) mass is 407 g/mol. The third-order valence-electron chi connectivity index (χ3n) is 5.78. The number of rotatable bonds is 4. The Labute approximate surface area is 174 Å². The molecule has 1 fully saturated rings. The van der Waals surface area contributed by atoms with E-state index in [1.165, 1.54) is 30.9 Å². The summed E-state index contributed by atoms with van der Waals surface area (Å²) >= 11 is 1.56. The van der Waals surface area contributed by atoms with Gasteiger partial charge in [-0.1, -0.05) is 61.7 Å². The zero-order valence-corrected chi connectivity index (χ0v) is 17.6. The van der Waals surface area contributed by atoms with E-state index in [2.05, 4.69) is 48.1 Å². The van der Waals surface area contributed by atoms with E-state index in [1.807, 2.05) is 0 Å². The predicted octanol–water partition coefficient (Wildman–Crippen LogP) is 6.42. The van der Waals surface area contributed by atoms with E-state index in [9.17, 15) is 10.1 Å². The molecule has 1 aliphatic rings. The summed E-state index contributed by atoms with van der Waals surface area (Å²) < 4.78 is 2.33. The second-order valence-electron chi connectivity index (χ2n) is 7.83. The van der Waals surface area contributed by atoms with Crippen LogP contribution in [0.5, 0.6) is 0 Å². The predicted molar refractivity (Wildman–Crippen MR) is 117 cm³/mol. The summed E-state index contributed by atoms with van der Waals surface area (Å²) in [6.45, 7) is 4.39. The second kappa shape index (κ2) is 8.33. The molecule has 0 bridgehead atoms. The molecule has 1 heterocycles. The number of thiazole rings is 1. The van der Waals surface area contributed by atoms with Crippen molar-refractivity contribution in [3.05, 3.63) is 74.4 Å². The van der Waals surface area contributed by atoms with E-state index in [0.29, 0.717) is 17.6 Å². The molecule has 150 valence electrons. The Morgan fingerprint density at radius 2 is 1.83 bits per heavy atom. The highest BCUT2D eigenvalue weighted by atomic mass is 32.1. The van der Waals surface area contributed by atoms with Gasteiger partial charge in [-0.2, -0.15) is 0 Å². The first-order valence-electron chi connectivity index (χ1n) is 10.1. The van der Waals surface area contributed by atoms with Crippen LogP contribution in [0.1, 0.15) is 44.2 Å². The van der Waals surface area contributed by atoms with Crippen molar-refractivity contribution in [2.24, 2.45) is 10.9 Å². The highest BCUT2D eigenvalue weighted by molar-refractivity contribution is 7.07. The van der Waals surface area contributed by atoms with Crippen molar-refractivity contribution in [3.63, 3.8) is 0 Å². The Morgan fingerprint density at radius 1 is 1.10 bits per heavy atom. The average Bonchev–Trinajstić information content (AvgIpc) is 3.12. The van der Waals surface area contributed by atoms with Crippen LogP contribution in [0.3, 0.4) is 0 Å². The Bertz CT molecular complexity index is 1080. The molecule has 0 spiro atoms. The molecule has 0 aliphatic heterocycles.